The number of aromatic amines is 1. The second-order valence-corrected chi connectivity index (χ2v) is 5.64. The van der Waals surface area contributed by atoms with E-state index in [9.17, 15) is 4.79 Å². The first-order chi connectivity index (χ1) is 10.7. The molecule has 3 rings (SSSR count). The SMILES string of the molecule is C=CC(=O)N1CC(Nc2ncnc3[nH]ccc23)CCC1CC. The highest BCUT2D eigenvalue weighted by Gasteiger charge is 2.29. The lowest BCUT2D eigenvalue weighted by Gasteiger charge is -2.39. The third-order valence-corrected chi connectivity index (χ3v) is 4.33. The number of likely N-dealkylation sites (tertiary alicyclic amines) is 1. The van der Waals surface area contributed by atoms with Crippen LogP contribution in [-0.2, 0) is 4.79 Å². The standard InChI is InChI=1S/C16H21N5O/c1-3-12-6-5-11(9-21(12)14(22)4-2)20-16-13-7-8-17-15(13)18-10-19-16/h4,7-8,10-12H,2-3,5-6,9H2,1H3,(H2,17,18,19,20). The molecule has 2 atom stereocenters. The van der Waals surface area contributed by atoms with Crippen LogP contribution < -0.4 is 5.32 Å². The Morgan fingerprint density at radius 3 is 3.18 bits per heavy atom. The highest BCUT2D eigenvalue weighted by molar-refractivity contribution is 5.88. The number of hydrogen-bond acceptors (Lipinski definition) is 4. The zero-order valence-corrected chi connectivity index (χ0v) is 12.7. The summed E-state index contributed by atoms with van der Waals surface area (Å²) in [6, 6.07) is 2.46. The van der Waals surface area contributed by atoms with Crippen LogP contribution in [0.1, 0.15) is 26.2 Å². The number of carbonyl (C=O) groups is 1. The van der Waals surface area contributed by atoms with Gasteiger partial charge in [0, 0.05) is 24.8 Å². The summed E-state index contributed by atoms with van der Waals surface area (Å²) in [5.74, 6) is 0.824. The Morgan fingerprint density at radius 2 is 2.41 bits per heavy atom. The number of nitrogens with one attached hydrogen (secondary N) is 2. The number of rotatable bonds is 4. The third kappa shape index (κ3) is 2.68. The van der Waals surface area contributed by atoms with E-state index < -0.39 is 0 Å². The summed E-state index contributed by atoms with van der Waals surface area (Å²) in [6.07, 6.45) is 7.80. The summed E-state index contributed by atoms with van der Waals surface area (Å²) < 4.78 is 0. The van der Waals surface area contributed by atoms with Gasteiger partial charge in [-0.05, 0) is 31.4 Å². The first kappa shape index (κ1) is 14.6. The van der Waals surface area contributed by atoms with Crippen molar-refractivity contribution in [1.82, 2.24) is 19.9 Å². The maximum absolute atomic E-state index is 12.1. The predicted octanol–water partition coefficient (Wildman–Crippen LogP) is 2.33. The van der Waals surface area contributed by atoms with E-state index in [2.05, 4.69) is 33.8 Å². The van der Waals surface area contributed by atoms with E-state index in [0.717, 1.165) is 36.1 Å². The maximum atomic E-state index is 12.1. The normalized spacial score (nSPS) is 21.8. The van der Waals surface area contributed by atoms with Gasteiger partial charge in [0.05, 0.1) is 5.39 Å². The Kier molecular flexibility index (Phi) is 4.09. The van der Waals surface area contributed by atoms with Crippen LogP contribution in [0.25, 0.3) is 11.0 Å². The Morgan fingerprint density at radius 1 is 1.55 bits per heavy atom. The molecule has 1 aliphatic rings. The fourth-order valence-corrected chi connectivity index (χ4v) is 3.14. The molecule has 6 nitrogen and oxygen atoms in total. The molecule has 2 aromatic rings. The van der Waals surface area contributed by atoms with Crippen molar-refractivity contribution in [2.75, 3.05) is 11.9 Å². The van der Waals surface area contributed by atoms with Crippen molar-refractivity contribution in [3.05, 3.63) is 31.2 Å². The number of carbonyl (C=O) groups excluding carboxylic acids is 1. The number of aromatic nitrogens is 3. The Balaban J connectivity index is 1.77. The van der Waals surface area contributed by atoms with Crippen LogP contribution >= 0.6 is 0 Å². The molecule has 2 N–H and O–H groups in total. The van der Waals surface area contributed by atoms with Crippen LogP contribution in [0.2, 0.25) is 0 Å². The van der Waals surface area contributed by atoms with E-state index >= 15 is 0 Å². The molecule has 1 fully saturated rings. The van der Waals surface area contributed by atoms with Crippen LogP contribution in [0.15, 0.2) is 31.2 Å². The summed E-state index contributed by atoms with van der Waals surface area (Å²) >= 11 is 0. The summed E-state index contributed by atoms with van der Waals surface area (Å²) in [5, 5.41) is 4.44. The molecule has 1 saturated heterocycles. The highest BCUT2D eigenvalue weighted by atomic mass is 16.2. The number of fused-ring (bicyclic) bond motifs is 1. The number of amides is 1. The van der Waals surface area contributed by atoms with Gasteiger partial charge in [-0.15, -0.1) is 0 Å². The van der Waals surface area contributed by atoms with Crippen LogP contribution in [0, 0.1) is 0 Å². The second kappa shape index (κ2) is 6.17. The zero-order valence-electron chi connectivity index (χ0n) is 12.7. The van der Waals surface area contributed by atoms with Gasteiger partial charge in [0.2, 0.25) is 5.91 Å². The lowest BCUT2D eigenvalue weighted by molar-refractivity contribution is -0.129. The minimum Gasteiger partial charge on any atom is -0.365 e. The largest absolute Gasteiger partial charge is 0.365 e. The number of H-pyrrole nitrogens is 1. The monoisotopic (exact) mass is 299 g/mol. The molecule has 0 bridgehead atoms. The van der Waals surface area contributed by atoms with Gasteiger partial charge >= 0.3 is 0 Å². The fourth-order valence-electron chi connectivity index (χ4n) is 3.14. The van der Waals surface area contributed by atoms with Gasteiger partial charge in [0.15, 0.2) is 0 Å². The Hall–Kier alpha value is -2.37. The van der Waals surface area contributed by atoms with Gasteiger partial charge in [-0.25, -0.2) is 9.97 Å². The lowest BCUT2D eigenvalue weighted by Crippen LogP contribution is -2.50. The van der Waals surface area contributed by atoms with E-state index in [0.29, 0.717) is 12.6 Å². The van der Waals surface area contributed by atoms with Crippen molar-refractivity contribution in [2.24, 2.45) is 0 Å². The van der Waals surface area contributed by atoms with E-state index in [1.54, 1.807) is 6.33 Å². The molecule has 116 valence electrons. The molecule has 6 heteroatoms. The molecule has 0 radical (unpaired) electrons. The fraction of sp³-hybridized carbons (Fsp3) is 0.438. The molecule has 3 heterocycles. The summed E-state index contributed by atoms with van der Waals surface area (Å²) in [7, 11) is 0. The Bertz CT molecular complexity index is 680. The number of anilines is 1. The molecule has 1 aliphatic heterocycles. The molecule has 0 aliphatic carbocycles. The minimum atomic E-state index is 0.00725. The molecule has 0 spiro atoms. The molecule has 2 unspecified atom stereocenters. The van der Waals surface area contributed by atoms with Crippen LogP contribution in [0.3, 0.4) is 0 Å². The molecular formula is C16H21N5O. The quantitative estimate of drug-likeness (QED) is 0.850. The number of nitrogens with zero attached hydrogens (tertiary/aromatic N) is 3. The molecule has 0 saturated carbocycles. The molecule has 2 aromatic heterocycles. The third-order valence-electron chi connectivity index (χ3n) is 4.33. The van der Waals surface area contributed by atoms with Crippen molar-refractivity contribution in [3.8, 4) is 0 Å². The topological polar surface area (TPSA) is 73.9 Å². The van der Waals surface area contributed by atoms with Crippen LogP contribution in [0.4, 0.5) is 5.82 Å². The maximum Gasteiger partial charge on any atom is 0.246 e. The first-order valence-corrected chi connectivity index (χ1v) is 7.70. The van der Waals surface area contributed by atoms with Gasteiger partial charge in [-0.3, -0.25) is 4.79 Å². The molecule has 0 aromatic carbocycles. The molecule has 1 amide bonds. The van der Waals surface area contributed by atoms with Crippen molar-refractivity contribution in [2.45, 2.75) is 38.3 Å². The van der Waals surface area contributed by atoms with Crippen LogP contribution in [-0.4, -0.2) is 44.4 Å². The molecule has 22 heavy (non-hydrogen) atoms. The summed E-state index contributed by atoms with van der Waals surface area (Å²) in [5.41, 5.74) is 0.818. The summed E-state index contributed by atoms with van der Waals surface area (Å²) in [4.78, 5) is 25.6. The van der Waals surface area contributed by atoms with Gasteiger partial charge in [-0.2, -0.15) is 0 Å². The predicted molar refractivity (Wildman–Crippen MR) is 86.5 cm³/mol. The summed E-state index contributed by atoms with van der Waals surface area (Å²) in [6.45, 7) is 6.41. The zero-order chi connectivity index (χ0) is 15.5. The minimum absolute atomic E-state index is 0.00725. The van der Waals surface area contributed by atoms with Crippen molar-refractivity contribution in [3.63, 3.8) is 0 Å². The Labute approximate surface area is 129 Å². The smallest absolute Gasteiger partial charge is 0.246 e. The van der Waals surface area contributed by atoms with E-state index in [4.69, 9.17) is 0 Å². The van der Waals surface area contributed by atoms with Crippen molar-refractivity contribution >= 4 is 22.8 Å². The van der Waals surface area contributed by atoms with Gasteiger partial charge in [0.25, 0.3) is 0 Å². The van der Waals surface area contributed by atoms with E-state index in [1.807, 2.05) is 17.2 Å². The highest BCUT2D eigenvalue weighted by Crippen LogP contribution is 2.24. The average Bonchev–Trinajstić information content (AvgIpc) is 3.03. The van der Waals surface area contributed by atoms with E-state index in [1.165, 1.54) is 6.08 Å². The van der Waals surface area contributed by atoms with Gasteiger partial charge in [0.1, 0.15) is 17.8 Å². The van der Waals surface area contributed by atoms with E-state index in [-0.39, 0.29) is 11.9 Å². The lowest BCUT2D eigenvalue weighted by atomic mass is 9.96. The second-order valence-electron chi connectivity index (χ2n) is 5.64. The average molecular weight is 299 g/mol. The van der Waals surface area contributed by atoms with Crippen molar-refractivity contribution < 1.29 is 4.79 Å². The number of hydrogen-bond donors (Lipinski definition) is 2. The van der Waals surface area contributed by atoms with Gasteiger partial charge in [-0.1, -0.05) is 13.5 Å². The van der Waals surface area contributed by atoms with Crippen LogP contribution in [0.5, 0.6) is 0 Å². The first-order valence-electron chi connectivity index (χ1n) is 7.70. The number of piperidine rings is 1. The molecular weight excluding hydrogens is 278 g/mol. The van der Waals surface area contributed by atoms with Gasteiger partial charge < -0.3 is 15.2 Å². The van der Waals surface area contributed by atoms with Crippen molar-refractivity contribution in [1.29, 1.82) is 0 Å².